The molecule has 0 bridgehead atoms. The predicted molar refractivity (Wildman–Crippen MR) is 54.0 cm³/mol. The molecule has 80 valence electrons. The molecule has 1 aromatic rings. The lowest BCUT2D eigenvalue weighted by atomic mass is 10.3. The van der Waals surface area contributed by atoms with E-state index in [1.54, 1.807) is 0 Å². The molecular formula is C8H3Cl3O4. The van der Waals surface area contributed by atoms with Crippen molar-refractivity contribution in [3.05, 3.63) is 28.2 Å². The zero-order valence-electron chi connectivity index (χ0n) is 7.00. The molecule has 0 atom stereocenters. The third-order valence-electron chi connectivity index (χ3n) is 1.34. The van der Waals surface area contributed by atoms with Crippen LogP contribution in [0.3, 0.4) is 0 Å². The molecule has 7 heteroatoms. The molecule has 0 saturated heterocycles. The third kappa shape index (κ3) is 3.27. The Labute approximate surface area is 99.8 Å². The van der Waals surface area contributed by atoms with Crippen molar-refractivity contribution in [2.24, 2.45) is 0 Å². The number of carbonyl (C=O) groups is 2. The van der Waals surface area contributed by atoms with Crippen molar-refractivity contribution >= 4 is 47.0 Å². The Bertz CT molecular complexity index is 405. The number of rotatable bonds is 1. The van der Waals surface area contributed by atoms with Crippen molar-refractivity contribution in [1.82, 2.24) is 0 Å². The van der Waals surface area contributed by atoms with E-state index in [9.17, 15) is 9.59 Å². The highest BCUT2D eigenvalue weighted by atomic mass is 35.5. The summed E-state index contributed by atoms with van der Waals surface area (Å²) in [6.07, 6.45) is 0. The highest BCUT2D eigenvalue weighted by molar-refractivity contribution is 6.42. The van der Waals surface area contributed by atoms with Gasteiger partial charge >= 0.3 is 11.9 Å². The Kier molecular flexibility index (Phi) is 4.20. The number of carbonyl (C=O) groups excluding carboxylic acids is 2. The molecule has 0 N–H and O–H groups in total. The van der Waals surface area contributed by atoms with E-state index in [0.717, 1.165) is 0 Å². The van der Waals surface area contributed by atoms with Crippen molar-refractivity contribution in [1.29, 1.82) is 0 Å². The topological polar surface area (TPSA) is 52.6 Å². The van der Waals surface area contributed by atoms with Crippen LogP contribution in [0.25, 0.3) is 0 Å². The van der Waals surface area contributed by atoms with E-state index in [4.69, 9.17) is 23.2 Å². The second-order valence-electron chi connectivity index (χ2n) is 2.33. The van der Waals surface area contributed by atoms with Gasteiger partial charge in [0.2, 0.25) is 0 Å². The summed E-state index contributed by atoms with van der Waals surface area (Å²) >= 11 is 15.9. The molecular weight excluding hydrogens is 266 g/mol. The number of halogens is 3. The van der Waals surface area contributed by atoms with Gasteiger partial charge in [-0.25, -0.2) is 9.59 Å². The van der Waals surface area contributed by atoms with E-state index in [-0.39, 0.29) is 10.8 Å². The molecule has 4 nitrogen and oxygen atoms in total. The molecule has 0 radical (unpaired) electrons. The first-order valence-corrected chi connectivity index (χ1v) is 4.61. The number of esters is 1. The van der Waals surface area contributed by atoms with E-state index in [0.29, 0.717) is 5.02 Å². The number of ether oxygens (including phenoxy) is 1. The van der Waals surface area contributed by atoms with Crippen LogP contribution in [-0.4, -0.2) is 11.9 Å². The lowest BCUT2D eigenvalue weighted by Crippen LogP contribution is -2.20. The van der Waals surface area contributed by atoms with Gasteiger partial charge in [-0.3, -0.25) is 0 Å². The molecule has 0 aliphatic carbocycles. The molecule has 0 saturated carbocycles. The van der Waals surface area contributed by atoms with Gasteiger partial charge in [0.1, 0.15) is 17.6 Å². The number of benzene rings is 1. The number of hydrogen-bond donors (Lipinski definition) is 0. The second kappa shape index (κ2) is 5.21. The van der Waals surface area contributed by atoms with Crippen LogP contribution >= 0.6 is 35.1 Å². The summed E-state index contributed by atoms with van der Waals surface area (Å²) in [5.74, 6) is -2.50. The monoisotopic (exact) mass is 268 g/mol. The molecule has 0 aromatic heterocycles. The first kappa shape index (κ1) is 12.1. The van der Waals surface area contributed by atoms with Crippen LogP contribution < -0.4 is 4.74 Å². The first-order chi connectivity index (χ1) is 7.04. The smallest absolute Gasteiger partial charge is 0.418 e. The van der Waals surface area contributed by atoms with Crippen molar-refractivity contribution in [2.45, 2.75) is 0 Å². The zero-order chi connectivity index (χ0) is 11.4. The van der Waals surface area contributed by atoms with E-state index < -0.39 is 11.9 Å². The van der Waals surface area contributed by atoms with Gasteiger partial charge in [-0.15, -0.1) is 0 Å². The summed E-state index contributed by atoms with van der Waals surface area (Å²) in [6.45, 7) is 0. The van der Waals surface area contributed by atoms with Gasteiger partial charge in [0.05, 0.1) is 10.0 Å². The van der Waals surface area contributed by atoms with Crippen LogP contribution in [0.2, 0.25) is 10.0 Å². The highest BCUT2D eigenvalue weighted by Crippen LogP contribution is 2.26. The van der Waals surface area contributed by atoms with Crippen molar-refractivity contribution in [2.75, 3.05) is 0 Å². The summed E-state index contributed by atoms with van der Waals surface area (Å²) in [5, 5.41) is 0.498. The van der Waals surface area contributed by atoms with Crippen LogP contribution in [0.15, 0.2) is 18.2 Å². The average molecular weight is 269 g/mol. The molecule has 0 fully saturated rings. The molecule has 0 spiro atoms. The van der Waals surface area contributed by atoms with Crippen molar-refractivity contribution in [3.8, 4) is 5.75 Å². The largest absolute Gasteiger partial charge is 0.435 e. The molecule has 0 aliphatic heterocycles. The Morgan fingerprint density at radius 3 is 2.27 bits per heavy atom. The zero-order valence-corrected chi connectivity index (χ0v) is 9.27. The quantitative estimate of drug-likeness (QED) is 0.447. The molecule has 0 aliphatic rings. The summed E-state index contributed by atoms with van der Waals surface area (Å²) < 4.78 is 8.20. The number of hydrogen-bond acceptors (Lipinski definition) is 4. The minimum atomic E-state index is -1.32. The summed E-state index contributed by atoms with van der Waals surface area (Å²) in [5.41, 5.74) is 0. The van der Waals surface area contributed by atoms with Crippen LogP contribution in [0.5, 0.6) is 5.75 Å². The van der Waals surface area contributed by atoms with Crippen LogP contribution in [0.1, 0.15) is 0 Å². The minimum absolute atomic E-state index is 0.0662. The summed E-state index contributed by atoms with van der Waals surface area (Å²) in [4.78, 5) is 21.5. The van der Waals surface area contributed by atoms with Crippen LogP contribution in [-0.2, 0) is 13.9 Å². The van der Waals surface area contributed by atoms with Gasteiger partial charge < -0.3 is 9.03 Å². The Morgan fingerprint density at radius 2 is 1.73 bits per heavy atom. The van der Waals surface area contributed by atoms with Crippen LogP contribution in [0.4, 0.5) is 0 Å². The minimum Gasteiger partial charge on any atom is -0.418 e. The Hall–Kier alpha value is -0.970. The fourth-order valence-corrected chi connectivity index (χ4v) is 1.07. The van der Waals surface area contributed by atoms with Gasteiger partial charge in [0, 0.05) is 6.07 Å². The Morgan fingerprint density at radius 1 is 1.07 bits per heavy atom. The van der Waals surface area contributed by atoms with Gasteiger partial charge in [-0.2, -0.15) is 0 Å². The standard InChI is InChI=1S/C8H3Cl3O4/c9-5-2-1-4(3-6(5)10)14-7(12)8(13)15-11/h1-3H. The maximum atomic E-state index is 10.9. The summed E-state index contributed by atoms with van der Waals surface area (Å²) in [6, 6.07) is 4.06. The van der Waals surface area contributed by atoms with E-state index in [2.05, 4.69) is 20.9 Å². The molecule has 0 amide bonds. The fourth-order valence-electron chi connectivity index (χ4n) is 0.721. The first-order valence-electron chi connectivity index (χ1n) is 3.54. The van der Waals surface area contributed by atoms with Crippen molar-refractivity contribution in [3.63, 3.8) is 0 Å². The lowest BCUT2D eigenvalue weighted by molar-refractivity contribution is -0.156. The fraction of sp³-hybridized carbons (Fsp3) is 0. The van der Waals surface area contributed by atoms with E-state index >= 15 is 0 Å². The predicted octanol–water partition coefficient (Wildman–Crippen LogP) is 2.60. The van der Waals surface area contributed by atoms with E-state index in [1.165, 1.54) is 18.2 Å². The van der Waals surface area contributed by atoms with Gasteiger partial charge in [0.25, 0.3) is 0 Å². The molecule has 1 aromatic carbocycles. The molecule has 1 rings (SSSR count). The maximum Gasteiger partial charge on any atom is 0.435 e. The van der Waals surface area contributed by atoms with Gasteiger partial charge in [-0.05, 0) is 12.1 Å². The molecule has 15 heavy (non-hydrogen) atoms. The third-order valence-corrected chi connectivity index (χ3v) is 2.22. The summed E-state index contributed by atoms with van der Waals surface area (Å²) in [7, 11) is 0. The molecule has 0 unspecified atom stereocenters. The molecule has 0 heterocycles. The van der Waals surface area contributed by atoms with Gasteiger partial charge in [-0.1, -0.05) is 23.2 Å². The van der Waals surface area contributed by atoms with Crippen molar-refractivity contribution < 1.29 is 18.6 Å². The SMILES string of the molecule is O=C(OCl)C(=O)Oc1ccc(Cl)c(Cl)c1. The van der Waals surface area contributed by atoms with E-state index in [1.807, 2.05) is 0 Å². The van der Waals surface area contributed by atoms with Crippen LogP contribution in [0, 0.1) is 0 Å². The normalized spacial score (nSPS) is 9.53. The average Bonchev–Trinajstić information content (AvgIpc) is 2.22. The maximum absolute atomic E-state index is 10.9. The van der Waals surface area contributed by atoms with Gasteiger partial charge in [0.15, 0.2) is 0 Å². The Balaban J connectivity index is 2.77. The highest BCUT2D eigenvalue weighted by Gasteiger charge is 2.18. The second-order valence-corrected chi connectivity index (χ2v) is 3.30. The lowest BCUT2D eigenvalue weighted by Gasteiger charge is -2.02.